The summed E-state index contributed by atoms with van der Waals surface area (Å²) in [5.74, 6) is -1.99. The summed E-state index contributed by atoms with van der Waals surface area (Å²) in [6, 6.07) is 7.23. The maximum Gasteiger partial charge on any atom is 0.320 e. The lowest BCUT2D eigenvalue weighted by molar-refractivity contribution is -0.561. The lowest BCUT2D eigenvalue weighted by Crippen LogP contribution is -2.57. The fourth-order valence-corrected chi connectivity index (χ4v) is 3.59. The molecule has 3 aliphatic heterocycles. The van der Waals surface area contributed by atoms with Gasteiger partial charge in [-0.25, -0.2) is 0 Å². The van der Waals surface area contributed by atoms with Crippen molar-refractivity contribution in [2.24, 2.45) is 0 Å². The van der Waals surface area contributed by atoms with Gasteiger partial charge in [-0.05, 0) is 6.07 Å². The molecule has 10 heteroatoms. The van der Waals surface area contributed by atoms with Crippen molar-refractivity contribution in [3.05, 3.63) is 39.9 Å². The number of alkyl halides is 1. The first-order valence-corrected chi connectivity index (χ1v) is 9.08. The first kappa shape index (κ1) is 17.8. The smallest absolute Gasteiger partial charge is 0.320 e. The van der Waals surface area contributed by atoms with Gasteiger partial charge in [0.2, 0.25) is 0 Å². The quantitative estimate of drug-likeness (QED) is 0.306. The van der Waals surface area contributed by atoms with Crippen molar-refractivity contribution in [2.45, 2.75) is 10.2 Å². The van der Waals surface area contributed by atoms with Gasteiger partial charge in [0.05, 0.1) is 25.6 Å². The Morgan fingerprint density at radius 2 is 1.85 bits per heavy atom. The highest BCUT2D eigenvalue weighted by molar-refractivity contribution is 9.10. The maximum atomic E-state index is 13.2. The third-order valence-corrected chi connectivity index (χ3v) is 5.59. The molecule has 0 radical (unpaired) electrons. The zero-order valence-electron chi connectivity index (χ0n) is 13.9. The molecule has 1 aromatic rings. The number of nitrogens with zero attached hydrogens (tertiary/aromatic N) is 3. The van der Waals surface area contributed by atoms with Crippen molar-refractivity contribution in [1.29, 1.82) is 0 Å². The van der Waals surface area contributed by atoms with Gasteiger partial charge in [0.25, 0.3) is 11.7 Å². The van der Waals surface area contributed by atoms with Crippen LogP contribution in [-0.2, 0) is 24.8 Å². The van der Waals surface area contributed by atoms with E-state index in [0.717, 1.165) is 13.1 Å². The lowest BCUT2D eigenvalue weighted by Gasteiger charge is -2.37. The minimum Gasteiger partial charge on any atom is -0.379 e. The van der Waals surface area contributed by atoms with Crippen LogP contribution in [0.15, 0.2) is 24.3 Å². The van der Waals surface area contributed by atoms with Crippen LogP contribution in [0.1, 0.15) is 5.56 Å². The Bertz CT molecular complexity index is 730. The summed E-state index contributed by atoms with van der Waals surface area (Å²) < 4.78 is 15.2. The van der Waals surface area contributed by atoms with Gasteiger partial charge in [-0.2, -0.15) is 0 Å². The number of amides is 1. The average molecular weight is 428 g/mol. The van der Waals surface area contributed by atoms with Crippen LogP contribution in [0.5, 0.6) is 0 Å². The topological polar surface area (TPSA) is 94.4 Å². The first-order valence-electron chi connectivity index (χ1n) is 8.29. The number of morpholine rings is 1. The Hall–Kier alpha value is -1.59. The van der Waals surface area contributed by atoms with Gasteiger partial charge in [-0.1, -0.05) is 18.2 Å². The van der Waals surface area contributed by atoms with Crippen molar-refractivity contribution in [3.63, 3.8) is 0 Å². The molecule has 0 aliphatic carbocycles. The molecule has 2 fully saturated rings. The highest BCUT2D eigenvalue weighted by atomic mass is 79.9. The number of ether oxygens (including phenoxy) is 3. The molecule has 0 saturated carbocycles. The molecule has 140 valence electrons. The number of benzene rings is 1. The maximum absolute atomic E-state index is 13.2. The van der Waals surface area contributed by atoms with Crippen LogP contribution in [0.25, 0.3) is 0 Å². The van der Waals surface area contributed by atoms with Crippen molar-refractivity contribution < 1.29 is 23.9 Å². The van der Waals surface area contributed by atoms with Crippen molar-refractivity contribution >= 4 is 27.5 Å². The molecule has 0 N–H and O–H groups in total. The molecule has 2 saturated heterocycles. The Balaban J connectivity index is 1.63. The fraction of sp³-hybridized carbons (Fsp3) is 0.562. The number of para-hydroxylation sites is 1. The minimum absolute atomic E-state index is 0.272. The van der Waals surface area contributed by atoms with E-state index < -0.39 is 15.2 Å². The van der Waals surface area contributed by atoms with E-state index in [2.05, 4.69) is 20.8 Å². The second-order valence-corrected chi connectivity index (χ2v) is 7.97. The van der Waals surface area contributed by atoms with E-state index in [0.29, 0.717) is 31.1 Å². The molecule has 26 heavy (non-hydrogen) atoms. The molecule has 0 aromatic heterocycles. The highest BCUT2D eigenvalue weighted by Crippen LogP contribution is 2.47. The summed E-state index contributed by atoms with van der Waals surface area (Å²) in [6.45, 7) is 2.55. The van der Waals surface area contributed by atoms with Gasteiger partial charge in [0.1, 0.15) is 13.2 Å². The summed E-state index contributed by atoms with van der Waals surface area (Å²) in [5.41, 5.74) is 1.28. The third kappa shape index (κ3) is 2.72. The van der Waals surface area contributed by atoms with E-state index in [1.54, 1.807) is 17.0 Å². The van der Waals surface area contributed by atoms with Crippen molar-refractivity contribution in [3.8, 4) is 0 Å². The molecule has 0 unspecified atom stereocenters. The Kier molecular flexibility index (Phi) is 4.48. The van der Waals surface area contributed by atoms with Crippen molar-refractivity contribution in [2.75, 3.05) is 51.1 Å². The number of carbonyl (C=O) groups excluding carboxylic acids is 1. The van der Waals surface area contributed by atoms with Crippen LogP contribution in [0.4, 0.5) is 5.69 Å². The largest absolute Gasteiger partial charge is 0.379 e. The van der Waals surface area contributed by atoms with Gasteiger partial charge < -0.3 is 14.2 Å². The predicted molar refractivity (Wildman–Crippen MR) is 93.4 cm³/mol. The summed E-state index contributed by atoms with van der Waals surface area (Å²) in [7, 11) is 0. The minimum atomic E-state index is -1.63. The molecule has 9 nitrogen and oxygen atoms in total. The van der Waals surface area contributed by atoms with Crippen LogP contribution in [0.2, 0.25) is 0 Å². The number of nitro groups is 1. The molecule has 4 rings (SSSR count). The standard InChI is InChI=1S/C16H18BrN3O6/c17-15(20(22)23)9-25-16(26-10-15)12-3-1-2-4-13(12)19(14(16)21)11-18-5-7-24-8-6-18/h1-4H,5-11H2. The van der Waals surface area contributed by atoms with E-state index in [1.807, 2.05) is 12.1 Å². The van der Waals surface area contributed by atoms with Crippen LogP contribution in [-0.4, -0.2) is 66.4 Å². The number of halogens is 1. The number of fused-ring (bicyclic) bond motifs is 2. The number of rotatable bonds is 3. The Labute approximate surface area is 158 Å². The molecule has 0 atom stereocenters. The number of hydrogen-bond acceptors (Lipinski definition) is 7. The van der Waals surface area contributed by atoms with E-state index in [-0.39, 0.29) is 19.1 Å². The Morgan fingerprint density at radius 3 is 2.50 bits per heavy atom. The lowest BCUT2D eigenvalue weighted by atomic mass is 10.1. The molecule has 1 aromatic carbocycles. The molecule has 0 bridgehead atoms. The first-order chi connectivity index (χ1) is 12.5. The number of carbonyl (C=O) groups is 1. The number of anilines is 1. The summed E-state index contributed by atoms with van der Waals surface area (Å²) in [4.78, 5) is 27.7. The van der Waals surface area contributed by atoms with Crippen LogP contribution >= 0.6 is 15.9 Å². The fourth-order valence-electron chi connectivity index (χ4n) is 3.36. The number of hydrogen-bond donors (Lipinski definition) is 0. The summed E-state index contributed by atoms with van der Waals surface area (Å²) in [5, 5.41) is 11.2. The molecule has 3 heterocycles. The third-order valence-electron chi connectivity index (χ3n) is 4.84. The van der Waals surface area contributed by atoms with Gasteiger partial charge in [-0.3, -0.25) is 24.7 Å². The second kappa shape index (κ2) is 6.54. The van der Waals surface area contributed by atoms with E-state index >= 15 is 0 Å². The SMILES string of the molecule is O=C1N(CN2CCOCC2)c2ccccc2C12OCC(Br)([N+](=O)[O-])CO2. The van der Waals surface area contributed by atoms with E-state index in [1.165, 1.54) is 0 Å². The van der Waals surface area contributed by atoms with Crippen LogP contribution in [0.3, 0.4) is 0 Å². The molecule has 1 spiro atoms. The molecule has 3 aliphatic rings. The average Bonchev–Trinajstić information content (AvgIpc) is 2.88. The van der Waals surface area contributed by atoms with Gasteiger partial charge >= 0.3 is 4.45 Å². The van der Waals surface area contributed by atoms with Crippen LogP contribution in [0, 0.1) is 10.1 Å². The normalized spacial score (nSPS) is 32.0. The molecular weight excluding hydrogens is 410 g/mol. The summed E-state index contributed by atoms with van der Waals surface area (Å²) >= 11 is 3.05. The monoisotopic (exact) mass is 427 g/mol. The predicted octanol–water partition coefficient (Wildman–Crippen LogP) is 0.890. The highest BCUT2D eigenvalue weighted by Gasteiger charge is 2.61. The van der Waals surface area contributed by atoms with Gasteiger partial charge in [0.15, 0.2) is 0 Å². The zero-order chi connectivity index (χ0) is 18.4. The second-order valence-electron chi connectivity index (χ2n) is 6.49. The van der Waals surface area contributed by atoms with Crippen molar-refractivity contribution in [1.82, 2.24) is 4.90 Å². The van der Waals surface area contributed by atoms with Gasteiger partial charge in [0, 0.05) is 39.5 Å². The zero-order valence-corrected chi connectivity index (χ0v) is 15.5. The van der Waals surface area contributed by atoms with E-state index in [4.69, 9.17) is 14.2 Å². The van der Waals surface area contributed by atoms with E-state index in [9.17, 15) is 14.9 Å². The molecule has 1 amide bonds. The van der Waals surface area contributed by atoms with Crippen LogP contribution < -0.4 is 4.90 Å². The molecular formula is C16H18BrN3O6. The Morgan fingerprint density at radius 1 is 1.19 bits per heavy atom. The van der Waals surface area contributed by atoms with Gasteiger partial charge in [-0.15, -0.1) is 0 Å². The summed E-state index contributed by atoms with van der Waals surface area (Å²) in [6.07, 6.45) is 0.